The van der Waals surface area contributed by atoms with Gasteiger partial charge in [0.25, 0.3) is 0 Å². The first kappa shape index (κ1) is 7.80. The molecule has 0 heterocycles. The van der Waals surface area contributed by atoms with E-state index in [1.165, 1.54) is 12.8 Å². The molecule has 0 aromatic rings. The van der Waals surface area contributed by atoms with Gasteiger partial charge in [-0.25, -0.2) is 0 Å². The summed E-state index contributed by atoms with van der Waals surface area (Å²) < 4.78 is 5.37. The first-order valence-corrected chi connectivity index (χ1v) is 4.92. The third-order valence-corrected chi connectivity index (χ3v) is 3.28. The van der Waals surface area contributed by atoms with Crippen LogP contribution in [0.15, 0.2) is 24.3 Å². The van der Waals surface area contributed by atoms with Crippen molar-refractivity contribution in [1.82, 2.24) is 0 Å². The Kier molecular flexibility index (Phi) is 2.32. The molecule has 0 aromatic heterocycles. The highest BCUT2D eigenvalue weighted by Gasteiger charge is 2.33. The number of rotatable bonds is 1. The lowest BCUT2D eigenvalue weighted by atomic mass is 9.91. The molecule has 3 atom stereocenters. The Morgan fingerprint density at radius 3 is 2.82 bits per heavy atom. The predicted molar refractivity (Wildman–Crippen MR) is 53.4 cm³/mol. The van der Waals surface area contributed by atoms with Crippen molar-refractivity contribution in [3.05, 3.63) is 24.3 Å². The molecule has 1 saturated carbocycles. The molecule has 0 bridgehead atoms. The largest absolute Gasteiger partial charge is 0.312 e. The number of fused-ring (bicyclic) bond motifs is 1. The summed E-state index contributed by atoms with van der Waals surface area (Å²) in [6, 6.07) is 0. The van der Waals surface area contributed by atoms with Gasteiger partial charge in [-0.1, -0.05) is 24.3 Å². The van der Waals surface area contributed by atoms with Crippen LogP contribution in [0.25, 0.3) is 0 Å². The molecular weight excluding hydrogens is 251 g/mol. The van der Waals surface area contributed by atoms with Crippen LogP contribution < -0.4 is 0 Å². The zero-order valence-corrected chi connectivity index (χ0v) is 8.40. The van der Waals surface area contributed by atoms with E-state index in [9.17, 15) is 0 Å². The highest BCUT2D eigenvalue weighted by atomic mass is 127. The minimum atomic E-state index is 0.460. The minimum absolute atomic E-state index is 0.460. The van der Waals surface area contributed by atoms with Gasteiger partial charge in [-0.2, -0.15) is 0 Å². The van der Waals surface area contributed by atoms with Crippen LogP contribution >= 0.6 is 23.0 Å². The zero-order valence-electron chi connectivity index (χ0n) is 6.24. The van der Waals surface area contributed by atoms with Crippen LogP contribution in [0.5, 0.6) is 0 Å². The van der Waals surface area contributed by atoms with Crippen LogP contribution in [0.3, 0.4) is 0 Å². The van der Waals surface area contributed by atoms with Gasteiger partial charge >= 0.3 is 0 Å². The molecular formula is C9H11IO. The van der Waals surface area contributed by atoms with Crippen molar-refractivity contribution in [2.75, 3.05) is 0 Å². The number of hydrogen-bond acceptors (Lipinski definition) is 1. The van der Waals surface area contributed by atoms with Crippen molar-refractivity contribution in [2.45, 2.75) is 18.9 Å². The second kappa shape index (κ2) is 3.27. The molecule has 0 amide bonds. The molecule has 2 rings (SSSR count). The van der Waals surface area contributed by atoms with E-state index >= 15 is 0 Å². The average Bonchev–Trinajstić information content (AvgIpc) is 2.47. The Hall–Kier alpha value is 0.170. The van der Waals surface area contributed by atoms with Crippen molar-refractivity contribution in [1.29, 1.82) is 0 Å². The summed E-state index contributed by atoms with van der Waals surface area (Å²) in [5, 5.41) is 0. The summed E-state index contributed by atoms with van der Waals surface area (Å²) in [4.78, 5) is 0. The number of allylic oxidation sites excluding steroid dienone is 3. The highest BCUT2D eigenvalue weighted by molar-refractivity contribution is 14.1. The van der Waals surface area contributed by atoms with Gasteiger partial charge in [0.1, 0.15) is 23.0 Å². The fourth-order valence-electron chi connectivity index (χ4n) is 2.01. The van der Waals surface area contributed by atoms with Crippen LogP contribution in [-0.4, -0.2) is 6.10 Å². The van der Waals surface area contributed by atoms with E-state index in [2.05, 4.69) is 24.3 Å². The maximum Gasteiger partial charge on any atom is 0.110 e. The molecule has 2 aliphatic carbocycles. The van der Waals surface area contributed by atoms with Gasteiger partial charge < -0.3 is 3.07 Å². The summed E-state index contributed by atoms with van der Waals surface area (Å²) in [5.41, 5.74) is 0. The lowest BCUT2D eigenvalue weighted by Crippen LogP contribution is -2.17. The molecule has 0 aliphatic heterocycles. The van der Waals surface area contributed by atoms with E-state index in [1.54, 1.807) is 0 Å². The SMILES string of the molecule is IOC1CCC2C=CC=CC21. The lowest BCUT2D eigenvalue weighted by molar-refractivity contribution is 0.241. The van der Waals surface area contributed by atoms with Crippen molar-refractivity contribution in [2.24, 2.45) is 11.8 Å². The van der Waals surface area contributed by atoms with Gasteiger partial charge in [0, 0.05) is 5.92 Å². The molecule has 1 nitrogen and oxygen atoms in total. The van der Waals surface area contributed by atoms with E-state index in [0.29, 0.717) is 12.0 Å². The van der Waals surface area contributed by atoms with Crippen molar-refractivity contribution in [3.63, 3.8) is 0 Å². The molecule has 0 saturated heterocycles. The third-order valence-electron chi connectivity index (χ3n) is 2.63. The Morgan fingerprint density at radius 2 is 2.00 bits per heavy atom. The number of halogens is 1. The summed E-state index contributed by atoms with van der Waals surface area (Å²) >= 11 is 2.02. The fourth-order valence-corrected chi connectivity index (χ4v) is 2.61. The molecule has 11 heavy (non-hydrogen) atoms. The molecule has 1 fully saturated rings. The summed E-state index contributed by atoms with van der Waals surface area (Å²) in [6.07, 6.45) is 11.8. The van der Waals surface area contributed by atoms with E-state index in [-0.39, 0.29) is 0 Å². The monoisotopic (exact) mass is 262 g/mol. The number of hydrogen-bond donors (Lipinski definition) is 0. The van der Waals surface area contributed by atoms with Gasteiger partial charge in [0.2, 0.25) is 0 Å². The molecule has 3 unspecified atom stereocenters. The van der Waals surface area contributed by atoms with Crippen LogP contribution in [-0.2, 0) is 3.07 Å². The second-order valence-electron chi connectivity index (χ2n) is 3.22. The maximum absolute atomic E-state index is 5.37. The summed E-state index contributed by atoms with van der Waals surface area (Å²) in [7, 11) is 0. The Labute approximate surface area is 81.2 Å². The normalized spacial score (nSPS) is 41.0. The predicted octanol–water partition coefficient (Wildman–Crippen LogP) is 2.87. The van der Waals surface area contributed by atoms with Gasteiger partial charge in [-0.3, -0.25) is 0 Å². The summed E-state index contributed by atoms with van der Waals surface area (Å²) in [5.74, 6) is 1.40. The minimum Gasteiger partial charge on any atom is -0.312 e. The van der Waals surface area contributed by atoms with Crippen molar-refractivity contribution < 1.29 is 3.07 Å². The molecule has 2 heteroatoms. The zero-order chi connectivity index (χ0) is 7.68. The van der Waals surface area contributed by atoms with E-state index in [1.807, 2.05) is 23.0 Å². The van der Waals surface area contributed by atoms with Crippen LogP contribution in [0, 0.1) is 11.8 Å². The van der Waals surface area contributed by atoms with E-state index in [4.69, 9.17) is 3.07 Å². The van der Waals surface area contributed by atoms with Crippen LogP contribution in [0.2, 0.25) is 0 Å². The first-order chi connectivity index (χ1) is 5.42. The van der Waals surface area contributed by atoms with Gasteiger partial charge in [-0.05, 0) is 18.8 Å². The Morgan fingerprint density at radius 1 is 1.18 bits per heavy atom. The topological polar surface area (TPSA) is 9.23 Å². The first-order valence-electron chi connectivity index (χ1n) is 4.04. The van der Waals surface area contributed by atoms with Crippen LogP contribution in [0.4, 0.5) is 0 Å². The smallest absolute Gasteiger partial charge is 0.110 e. The standard InChI is InChI=1S/C9H11IO/c10-11-9-6-5-7-3-1-2-4-8(7)9/h1-4,7-9H,5-6H2. The molecule has 0 N–H and O–H groups in total. The fraction of sp³-hybridized carbons (Fsp3) is 0.556. The van der Waals surface area contributed by atoms with Crippen LogP contribution in [0.1, 0.15) is 12.8 Å². The molecule has 0 radical (unpaired) electrons. The lowest BCUT2D eigenvalue weighted by Gasteiger charge is -2.19. The molecule has 0 spiro atoms. The molecule has 60 valence electrons. The Bertz CT molecular complexity index is 198. The molecule has 2 aliphatic rings. The maximum atomic E-state index is 5.37. The Balaban J connectivity index is 2.13. The van der Waals surface area contributed by atoms with Crippen molar-refractivity contribution in [3.8, 4) is 0 Å². The second-order valence-corrected chi connectivity index (χ2v) is 3.72. The van der Waals surface area contributed by atoms with Gasteiger partial charge in [0.15, 0.2) is 0 Å². The average molecular weight is 262 g/mol. The molecule has 0 aromatic carbocycles. The van der Waals surface area contributed by atoms with Crippen molar-refractivity contribution >= 4 is 23.0 Å². The highest BCUT2D eigenvalue weighted by Crippen LogP contribution is 2.38. The van der Waals surface area contributed by atoms with Gasteiger partial charge in [0.05, 0.1) is 6.10 Å². The third kappa shape index (κ3) is 1.38. The summed E-state index contributed by atoms with van der Waals surface area (Å²) in [6.45, 7) is 0. The van der Waals surface area contributed by atoms with Gasteiger partial charge in [-0.15, -0.1) is 0 Å². The van der Waals surface area contributed by atoms with E-state index in [0.717, 1.165) is 5.92 Å². The van der Waals surface area contributed by atoms with E-state index < -0.39 is 0 Å². The quantitative estimate of drug-likeness (QED) is 0.660.